The van der Waals surface area contributed by atoms with Gasteiger partial charge < -0.3 is 31.8 Å². The number of rotatable bonds is 7. The van der Waals surface area contributed by atoms with Crippen LogP contribution in [-0.2, 0) is 14.3 Å². The number of nitrogens with two attached hydrogens (primary N) is 3. The number of carboxylic acid groups (broad SMARTS) is 2. The SMILES string of the molecule is CC(C)(C)OC(=O)c1ccc(C(N)=O)c(NN)n1.CC(C)(C)[C@](N)(CCC(=O)O)C(=O)O. The molecule has 0 spiro atoms. The molecule has 1 aromatic heterocycles. The van der Waals surface area contributed by atoms with Gasteiger partial charge in [0.15, 0.2) is 11.5 Å². The van der Waals surface area contributed by atoms with Crippen LogP contribution < -0.4 is 22.7 Å². The summed E-state index contributed by atoms with van der Waals surface area (Å²) in [6.45, 7) is 10.3. The first-order valence-corrected chi connectivity index (χ1v) is 9.60. The standard InChI is InChI=1S/C11H16N4O3.C9H17NO4/c1-11(2,3)18-10(17)7-5-4-6(8(12)16)9(14-7)15-13;1-8(2,3)9(10,7(13)14)5-4-6(11)12/h4-5H,13H2,1-3H3,(H2,12,16)(H,14,15);4-5,10H2,1-3H3,(H,11,12)(H,13,14)/t;9-/m.0/s1. The zero-order valence-electron chi connectivity index (χ0n) is 19.2. The highest BCUT2D eigenvalue weighted by Gasteiger charge is 2.45. The molecule has 180 valence electrons. The minimum atomic E-state index is -1.49. The summed E-state index contributed by atoms with van der Waals surface area (Å²) in [6, 6.07) is 2.72. The Bertz CT molecular complexity index is 859. The fourth-order valence-electron chi connectivity index (χ4n) is 2.32. The van der Waals surface area contributed by atoms with Gasteiger partial charge in [-0.15, -0.1) is 0 Å². The largest absolute Gasteiger partial charge is 0.481 e. The maximum atomic E-state index is 11.7. The molecule has 0 aromatic carbocycles. The number of ether oxygens (including phenoxy) is 1. The summed E-state index contributed by atoms with van der Waals surface area (Å²) in [5.41, 5.74) is 10.4. The number of esters is 1. The Kier molecular flexibility index (Phi) is 9.76. The molecule has 32 heavy (non-hydrogen) atoms. The maximum absolute atomic E-state index is 11.7. The molecule has 0 unspecified atom stereocenters. The highest BCUT2D eigenvalue weighted by atomic mass is 16.6. The Hall–Kier alpha value is -3.25. The average Bonchev–Trinajstić information content (AvgIpc) is 2.63. The summed E-state index contributed by atoms with van der Waals surface area (Å²) in [7, 11) is 0. The number of anilines is 1. The van der Waals surface area contributed by atoms with Crippen LogP contribution in [0.15, 0.2) is 12.1 Å². The van der Waals surface area contributed by atoms with E-state index in [9.17, 15) is 19.2 Å². The third-order valence-corrected chi connectivity index (χ3v) is 4.36. The summed E-state index contributed by atoms with van der Waals surface area (Å²) in [6.07, 6.45) is -0.304. The molecule has 1 heterocycles. The number of primary amides is 1. The molecule has 0 saturated carbocycles. The van der Waals surface area contributed by atoms with E-state index in [-0.39, 0.29) is 29.9 Å². The van der Waals surface area contributed by atoms with Crippen molar-refractivity contribution in [2.75, 3.05) is 5.43 Å². The first-order valence-electron chi connectivity index (χ1n) is 9.60. The molecule has 0 aliphatic rings. The van der Waals surface area contributed by atoms with Gasteiger partial charge in [-0.25, -0.2) is 15.6 Å². The van der Waals surface area contributed by atoms with Crippen molar-refractivity contribution in [2.45, 2.75) is 65.5 Å². The summed E-state index contributed by atoms with van der Waals surface area (Å²) in [4.78, 5) is 48.0. The van der Waals surface area contributed by atoms with Gasteiger partial charge >= 0.3 is 17.9 Å². The van der Waals surface area contributed by atoms with Gasteiger partial charge in [0.05, 0.1) is 5.56 Å². The second-order valence-corrected chi connectivity index (χ2v) is 9.02. The number of amides is 1. The number of nitrogens with zero attached hydrogens (tertiary/aromatic N) is 1. The van der Waals surface area contributed by atoms with Crippen molar-refractivity contribution in [3.8, 4) is 0 Å². The second kappa shape index (κ2) is 10.9. The second-order valence-electron chi connectivity index (χ2n) is 9.02. The number of nitrogen functional groups attached to an aromatic ring is 1. The van der Waals surface area contributed by atoms with Crippen LogP contribution in [0.2, 0.25) is 0 Å². The molecule has 0 radical (unpaired) electrons. The topological polar surface area (TPSA) is 221 Å². The third-order valence-electron chi connectivity index (χ3n) is 4.36. The summed E-state index contributed by atoms with van der Waals surface area (Å²) in [5.74, 6) is 1.76. The van der Waals surface area contributed by atoms with Crippen LogP contribution in [0, 0.1) is 5.41 Å². The molecule has 1 amide bonds. The summed E-state index contributed by atoms with van der Waals surface area (Å²) in [5, 5.41) is 17.4. The zero-order chi connectivity index (χ0) is 25.5. The van der Waals surface area contributed by atoms with E-state index in [0.29, 0.717) is 0 Å². The predicted octanol–water partition coefficient (Wildman–Crippen LogP) is 1.10. The molecular formula is C20H33N5O7. The molecule has 1 atom stereocenters. The Morgan fingerprint density at radius 1 is 1.06 bits per heavy atom. The number of aliphatic carboxylic acids is 2. The minimum absolute atomic E-state index is 0.0332. The lowest BCUT2D eigenvalue weighted by Crippen LogP contribution is -2.57. The Balaban J connectivity index is 0.000000622. The Morgan fingerprint density at radius 3 is 1.94 bits per heavy atom. The van der Waals surface area contributed by atoms with Crippen molar-refractivity contribution in [1.29, 1.82) is 0 Å². The van der Waals surface area contributed by atoms with Crippen molar-refractivity contribution in [3.05, 3.63) is 23.4 Å². The minimum Gasteiger partial charge on any atom is -0.481 e. The molecule has 1 aromatic rings. The molecule has 12 nitrogen and oxygen atoms in total. The van der Waals surface area contributed by atoms with Gasteiger partial charge in [-0.1, -0.05) is 20.8 Å². The van der Waals surface area contributed by atoms with Gasteiger partial charge in [-0.05, 0) is 44.7 Å². The van der Waals surface area contributed by atoms with Crippen molar-refractivity contribution >= 4 is 29.6 Å². The first-order chi connectivity index (χ1) is 14.4. The van der Waals surface area contributed by atoms with Gasteiger partial charge in [0, 0.05) is 6.42 Å². The Labute approximate surface area is 186 Å². The number of aromatic nitrogens is 1. The normalized spacial score (nSPS) is 13.1. The van der Waals surface area contributed by atoms with Crippen LogP contribution in [0.1, 0.15) is 75.2 Å². The van der Waals surface area contributed by atoms with Crippen LogP contribution in [0.5, 0.6) is 0 Å². The molecule has 1 rings (SSSR count). The predicted molar refractivity (Wildman–Crippen MR) is 117 cm³/mol. The van der Waals surface area contributed by atoms with E-state index in [0.717, 1.165) is 0 Å². The number of hydrogen-bond acceptors (Lipinski definition) is 9. The smallest absolute Gasteiger partial charge is 0.357 e. The molecule has 0 bridgehead atoms. The lowest BCUT2D eigenvalue weighted by Gasteiger charge is -2.37. The quantitative estimate of drug-likeness (QED) is 0.194. The molecular weight excluding hydrogens is 422 g/mol. The molecule has 0 saturated heterocycles. The van der Waals surface area contributed by atoms with Crippen LogP contribution in [0.25, 0.3) is 0 Å². The lowest BCUT2D eigenvalue weighted by atomic mass is 9.71. The van der Waals surface area contributed by atoms with E-state index < -0.39 is 40.4 Å². The zero-order valence-corrected chi connectivity index (χ0v) is 19.2. The van der Waals surface area contributed by atoms with E-state index in [2.05, 4.69) is 10.4 Å². The molecule has 9 N–H and O–H groups in total. The number of hydrogen-bond donors (Lipinski definition) is 6. The first kappa shape index (κ1) is 28.8. The van der Waals surface area contributed by atoms with Crippen LogP contribution in [-0.4, -0.2) is 50.2 Å². The number of hydrazine groups is 1. The Morgan fingerprint density at radius 2 is 1.59 bits per heavy atom. The van der Waals surface area contributed by atoms with Gasteiger partial charge in [-0.2, -0.15) is 0 Å². The van der Waals surface area contributed by atoms with Crippen LogP contribution >= 0.6 is 0 Å². The lowest BCUT2D eigenvalue weighted by molar-refractivity contribution is -0.149. The fraction of sp³-hybridized carbons (Fsp3) is 0.550. The maximum Gasteiger partial charge on any atom is 0.357 e. The van der Waals surface area contributed by atoms with Crippen LogP contribution in [0.4, 0.5) is 5.82 Å². The van der Waals surface area contributed by atoms with Gasteiger partial charge in [-0.3, -0.25) is 14.4 Å². The number of carboxylic acids is 2. The molecule has 0 aliphatic heterocycles. The van der Waals surface area contributed by atoms with Gasteiger partial charge in [0.1, 0.15) is 11.1 Å². The fourth-order valence-corrected chi connectivity index (χ4v) is 2.32. The van der Waals surface area contributed by atoms with E-state index >= 15 is 0 Å². The molecule has 0 aliphatic carbocycles. The average molecular weight is 456 g/mol. The van der Waals surface area contributed by atoms with Gasteiger partial charge in [0.2, 0.25) is 0 Å². The molecule has 0 fully saturated rings. The number of carbonyl (C=O) groups is 4. The highest BCUT2D eigenvalue weighted by molar-refractivity contribution is 5.98. The third kappa shape index (κ3) is 8.47. The number of carbonyl (C=O) groups excluding carboxylic acids is 2. The van der Waals surface area contributed by atoms with E-state index in [1.165, 1.54) is 12.1 Å². The highest BCUT2D eigenvalue weighted by Crippen LogP contribution is 2.32. The van der Waals surface area contributed by atoms with E-state index in [4.69, 9.17) is 32.3 Å². The summed E-state index contributed by atoms with van der Waals surface area (Å²) >= 11 is 0. The van der Waals surface area contributed by atoms with Crippen molar-refractivity contribution in [3.63, 3.8) is 0 Å². The summed E-state index contributed by atoms with van der Waals surface area (Å²) < 4.78 is 5.14. The van der Waals surface area contributed by atoms with Crippen LogP contribution in [0.3, 0.4) is 0 Å². The number of pyridine rings is 1. The van der Waals surface area contributed by atoms with Gasteiger partial charge in [0.25, 0.3) is 5.91 Å². The monoisotopic (exact) mass is 455 g/mol. The van der Waals surface area contributed by atoms with Crippen molar-refractivity contribution in [2.24, 2.45) is 22.7 Å². The van der Waals surface area contributed by atoms with E-state index in [1.807, 2.05) is 0 Å². The molecule has 12 heteroatoms. The van der Waals surface area contributed by atoms with Crippen molar-refractivity contribution in [1.82, 2.24) is 4.98 Å². The number of nitrogens with one attached hydrogen (secondary N) is 1. The van der Waals surface area contributed by atoms with E-state index in [1.54, 1.807) is 41.5 Å². The van der Waals surface area contributed by atoms with Crippen molar-refractivity contribution < 1.29 is 34.1 Å².